The van der Waals surface area contributed by atoms with E-state index in [1.165, 1.54) is 26.0 Å². The average Bonchev–Trinajstić information content (AvgIpc) is 3.38. The van der Waals surface area contributed by atoms with Gasteiger partial charge in [0.2, 0.25) is 0 Å². The summed E-state index contributed by atoms with van der Waals surface area (Å²) >= 11 is 0. The first-order chi connectivity index (χ1) is 18.1. The van der Waals surface area contributed by atoms with Crippen molar-refractivity contribution in [1.82, 2.24) is 29.6 Å². The van der Waals surface area contributed by atoms with Crippen LogP contribution >= 0.6 is 0 Å². The summed E-state index contributed by atoms with van der Waals surface area (Å²) in [5.41, 5.74) is 1.99. The number of aryl methyl sites for hydroxylation is 1. The Bertz CT molecular complexity index is 1450. The Morgan fingerprint density at radius 2 is 1.79 bits per heavy atom. The zero-order valence-corrected chi connectivity index (χ0v) is 21.6. The average molecular weight is 524 g/mol. The van der Waals surface area contributed by atoms with Gasteiger partial charge in [0.25, 0.3) is 0 Å². The maximum absolute atomic E-state index is 14.2. The molecule has 1 aliphatic heterocycles. The maximum atomic E-state index is 14.2. The van der Waals surface area contributed by atoms with Gasteiger partial charge in [0, 0.05) is 62.7 Å². The van der Waals surface area contributed by atoms with Gasteiger partial charge in [0.15, 0.2) is 5.82 Å². The molecule has 0 saturated carbocycles. The van der Waals surface area contributed by atoms with E-state index in [9.17, 15) is 19.0 Å². The lowest BCUT2D eigenvalue weighted by Crippen LogP contribution is -2.46. The smallest absolute Gasteiger partial charge is 0.156 e. The van der Waals surface area contributed by atoms with E-state index >= 15 is 0 Å². The molecule has 1 saturated heterocycles. The number of aliphatic hydroxyl groups excluding tert-OH is 1. The first-order valence-corrected chi connectivity index (χ1v) is 12.6. The van der Waals surface area contributed by atoms with Crippen molar-refractivity contribution >= 4 is 16.9 Å². The molecule has 4 heterocycles. The zero-order chi connectivity index (χ0) is 27.0. The molecule has 2 N–H and O–H groups in total. The monoisotopic (exact) mass is 523 g/mol. The van der Waals surface area contributed by atoms with Gasteiger partial charge < -0.3 is 15.1 Å². The number of anilines is 1. The number of pyridine rings is 1. The molecule has 0 spiro atoms. The van der Waals surface area contributed by atoms with Crippen LogP contribution < -0.4 is 4.90 Å². The molecule has 200 valence electrons. The summed E-state index contributed by atoms with van der Waals surface area (Å²) in [5, 5.41) is 25.2. The van der Waals surface area contributed by atoms with Gasteiger partial charge in [-0.25, -0.2) is 18.7 Å². The van der Waals surface area contributed by atoms with Crippen molar-refractivity contribution in [2.24, 2.45) is 0 Å². The molecule has 0 bridgehead atoms. The van der Waals surface area contributed by atoms with E-state index in [0.717, 1.165) is 11.6 Å². The Labute approximate surface area is 219 Å². The molecule has 1 atom stereocenters. The molecule has 1 aliphatic rings. The van der Waals surface area contributed by atoms with Crippen molar-refractivity contribution in [1.29, 1.82) is 0 Å². The Balaban J connectivity index is 1.45. The van der Waals surface area contributed by atoms with E-state index in [1.54, 1.807) is 18.5 Å². The van der Waals surface area contributed by atoms with E-state index in [2.05, 4.69) is 19.9 Å². The van der Waals surface area contributed by atoms with Crippen molar-refractivity contribution in [2.75, 3.05) is 31.1 Å². The number of aliphatic hydroxyl groups is 2. The van der Waals surface area contributed by atoms with Gasteiger partial charge >= 0.3 is 0 Å². The summed E-state index contributed by atoms with van der Waals surface area (Å²) in [6.07, 6.45) is 4.05. The summed E-state index contributed by atoms with van der Waals surface area (Å²) in [5.74, 6) is -0.427. The Morgan fingerprint density at radius 3 is 2.45 bits per heavy atom. The first-order valence-electron chi connectivity index (χ1n) is 12.6. The van der Waals surface area contributed by atoms with Crippen LogP contribution in [0.1, 0.15) is 38.1 Å². The number of hydrogen-bond donors (Lipinski definition) is 2. The molecule has 0 amide bonds. The first kappa shape index (κ1) is 26.1. The molecule has 4 aromatic rings. The fourth-order valence-corrected chi connectivity index (χ4v) is 4.56. The van der Waals surface area contributed by atoms with Gasteiger partial charge in [-0.15, -0.1) is 0 Å². The van der Waals surface area contributed by atoms with Gasteiger partial charge in [-0.05, 0) is 32.9 Å². The highest BCUT2D eigenvalue weighted by molar-refractivity contribution is 5.83. The quantitative estimate of drug-likeness (QED) is 0.380. The van der Waals surface area contributed by atoms with Gasteiger partial charge in [0.1, 0.15) is 28.9 Å². The van der Waals surface area contributed by atoms with Crippen LogP contribution in [0.5, 0.6) is 0 Å². The van der Waals surface area contributed by atoms with Crippen LogP contribution in [0.3, 0.4) is 0 Å². The van der Waals surface area contributed by atoms with E-state index in [0.29, 0.717) is 73.1 Å². The predicted molar refractivity (Wildman–Crippen MR) is 139 cm³/mol. The van der Waals surface area contributed by atoms with E-state index in [4.69, 9.17) is 9.97 Å². The lowest BCUT2D eigenvalue weighted by molar-refractivity contribution is -0.0516. The van der Waals surface area contributed by atoms with Crippen LogP contribution in [0, 0.1) is 11.6 Å². The minimum Gasteiger partial charge on any atom is -0.387 e. The minimum absolute atomic E-state index is 0.309. The molecule has 9 nitrogen and oxygen atoms in total. The van der Waals surface area contributed by atoms with E-state index in [-0.39, 0.29) is 0 Å². The van der Waals surface area contributed by atoms with E-state index in [1.807, 2.05) is 17.8 Å². The summed E-state index contributed by atoms with van der Waals surface area (Å²) in [6, 6.07) is 5.34. The third kappa shape index (κ3) is 5.35. The molecule has 5 rings (SSSR count). The van der Waals surface area contributed by atoms with Crippen LogP contribution in [-0.2, 0) is 13.1 Å². The lowest BCUT2D eigenvalue weighted by Gasteiger charge is -2.36. The SMILES string of the molecule is CCn1cc(-c2nc3cc([C@H](O)C(C)(C)O)ncc3nc2N2CCN(Cc3ccc(F)cc3F)CC2)cn1. The number of benzene rings is 1. The summed E-state index contributed by atoms with van der Waals surface area (Å²) in [6.45, 7) is 8.76. The number of halogens is 2. The molecule has 1 fully saturated rings. The van der Waals surface area contributed by atoms with Crippen molar-refractivity contribution in [2.45, 2.75) is 45.6 Å². The lowest BCUT2D eigenvalue weighted by atomic mass is 9.98. The number of nitrogens with zero attached hydrogens (tertiary/aromatic N) is 7. The number of rotatable bonds is 7. The normalized spacial score (nSPS) is 15.8. The van der Waals surface area contributed by atoms with Gasteiger partial charge in [-0.2, -0.15) is 5.10 Å². The summed E-state index contributed by atoms with van der Waals surface area (Å²) < 4.78 is 29.3. The van der Waals surface area contributed by atoms with Crippen LogP contribution in [0.2, 0.25) is 0 Å². The van der Waals surface area contributed by atoms with Crippen molar-refractivity contribution in [3.05, 3.63) is 65.7 Å². The highest BCUT2D eigenvalue weighted by Gasteiger charge is 2.28. The highest BCUT2D eigenvalue weighted by Crippen LogP contribution is 2.32. The fourth-order valence-electron chi connectivity index (χ4n) is 4.56. The fraction of sp³-hybridized carbons (Fsp3) is 0.407. The number of piperazine rings is 1. The zero-order valence-electron chi connectivity index (χ0n) is 21.6. The van der Waals surface area contributed by atoms with Crippen LogP contribution in [0.15, 0.2) is 42.9 Å². The minimum atomic E-state index is -1.37. The van der Waals surface area contributed by atoms with Crippen LogP contribution in [-0.4, -0.2) is 71.6 Å². The van der Waals surface area contributed by atoms with E-state index < -0.39 is 23.3 Å². The van der Waals surface area contributed by atoms with Crippen molar-refractivity contribution < 1.29 is 19.0 Å². The Kier molecular flexibility index (Phi) is 7.08. The molecular weight excluding hydrogens is 492 g/mol. The highest BCUT2D eigenvalue weighted by atomic mass is 19.1. The van der Waals surface area contributed by atoms with Gasteiger partial charge in [-0.1, -0.05) is 6.07 Å². The van der Waals surface area contributed by atoms with Crippen LogP contribution in [0.25, 0.3) is 22.3 Å². The molecule has 0 unspecified atom stereocenters. The Hall–Kier alpha value is -3.54. The molecule has 38 heavy (non-hydrogen) atoms. The molecule has 3 aromatic heterocycles. The predicted octanol–water partition coefficient (Wildman–Crippen LogP) is 3.31. The summed E-state index contributed by atoms with van der Waals surface area (Å²) in [7, 11) is 0. The van der Waals surface area contributed by atoms with Gasteiger partial charge in [0.05, 0.1) is 29.2 Å². The molecule has 0 aliphatic carbocycles. The topological polar surface area (TPSA) is 103 Å². The largest absolute Gasteiger partial charge is 0.387 e. The number of hydrogen-bond acceptors (Lipinski definition) is 8. The molecule has 11 heteroatoms. The summed E-state index contributed by atoms with van der Waals surface area (Å²) in [4.78, 5) is 18.4. The van der Waals surface area contributed by atoms with Crippen LogP contribution in [0.4, 0.5) is 14.6 Å². The third-order valence-corrected chi connectivity index (χ3v) is 6.81. The standard InChI is InChI=1S/C27H31F2N7O2/c1-4-36-16-18(13-31-36)24-26(33-23-14-30-22(12-21(23)32-24)25(37)27(2,3)38)35-9-7-34(8-10-35)15-17-5-6-19(28)11-20(17)29/h5-6,11-14,16,25,37-38H,4,7-10,15H2,1-3H3/t25-/m0/s1. The molecule has 0 radical (unpaired) electrons. The molecular formula is C27H31F2N7O2. The van der Waals surface area contributed by atoms with Gasteiger partial charge in [-0.3, -0.25) is 14.6 Å². The molecule has 1 aromatic carbocycles. The second kappa shape index (κ2) is 10.3. The second-order valence-electron chi connectivity index (χ2n) is 10.1. The number of fused-ring (bicyclic) bond motifs is 1. The number of aromatic nitrogens is 5. The van der Waals surface area contributed by atoms with Crippen molar-refractivity contribution in [3.63, 3.8) is 0 Å². The third-order valence-electron chi connectivity index (χ3n) is 6.81. The maximum Gasteiger partial charge on any atom is 0.156 e. The second-order valence-corrected chi connectivity index (χ2v) is 10.1. The van der Waals surface area contributed by atoms with Crippen molar-refractivity contribution in [3.8, 4) is 11.3 Å². The Morgan fingerprint density at radius 1 is 1.03 bits per heavy atom.